The van der Waals surface area contributed by atoms with Crippen LogP contribution in [-0.2, 0) is 16.1 Å². The highest BCUT2D eigenvalue weighted by atomic mass is 16.5. The SMILES string of the molecule is CCC(C)c1ccc(OC)c(CN[C@H]2[C@H](C(C)(C)C)[C@@H](C(=O)O)N(C(=O)C3CCCCC3)[C@H]2c2ccccc2)c1. The van der Waals surface area contributed by atoms with Crippen LogP contribution in [0.25, 0.3) is 0 Å². The Hall–Kier alpha value is -2.86. The first-order chi connectivity index (χ1) is 19.1. The molecule has 1 saturated heterocycles. The molecule has 2 N–H and O–H groups in total. The number of ether oxygens (including phenoxy) is 1. The van der Waals surface area contributed by atoms with E-state index in [0.717, 1.165) is 55.4 Å². The van der Waals surface area contributed by atoms with Gasteiger partial charge >= 0.3 is 5.97 Å². The number of nitrogens with zero attached hydrogens (tertiary/aromatic N) is 1. The first-order valence-electron chi connectivity index (χ1n) is 15.1. The van der Waals surface area contributed by atoms with Gasteiger partial charge in [-0.1, -0.05) is 96.3 Å². The third-order valence-corrected chi connectivity index (χ3v) is 9.28. The summed E-state index contributed by atoms with van der Waals surface area (Å²) in [4.78, 5) is 29.1. The second kappa shape index (κ2) is 12.8. The molecule has 2 fully saturated rings. The van der Waals surface area contributed by atoms with E-state index in [4.69, 9.17) is 4.74 Å². The molecule has 0 aromatic heterocycles. The molecule has 2 aromatic carbocycles. The van der Waals surface area contributed by atoms with Gasteiger partial charge in [-0.05, 0) is 47.8 Å². The number of rotatable bonds is 9. The van der Waals surface area contributed by atoms with Gasteiger partial charge in [-0.3, -0.25) is 4.79 Å². The molecule has 4 rings (SSSR count). The maximum atomic E-state index is 14.3. The zero-order valence-electron chi connectivity index (χ0n) is 25.2. The standard InChI is InChI=1S/C34H48N2O4/c1-7-22(2)25-18-19-27(40-6)26(20-25)21-35-29-28(34(3,4)5)31(33(38)39)36(30(29)23-14-10-8-11-15-23)32(37)24-16-12-9-13-17-24/h8,10-11,14-15,18-20,22,24,28-31,35H,7,9,12-13,16-17,21H2,1-6H3,(H,38,39)/t22?,28-,29-,30-,31-/m0/s1. The average molecular weight is 549 g/mol. The number of hydrogen-bond acceptors (Lipinski definition) is 4. The van der Waals surface area contributed by atoms with E-state index in [-0.39, 0.29) is 35.2 Å². The third kappa shape index (κ3) is 6.22. The summed E-state index contributed by atoms with van der Waals surface area (Å²) in [5.41, 5.74) is 2.92. The van der Waals surface area contributed by atoms with E-state index in [1.165, 1.54) is 5.56 Å². The molecule has 0 bridgehead atoms. The molecule has 0 spiro atoms. The van der Waals surface area contributed by atoms with Crippen LogP contribution in [0.5, 0.6) is 5.75 Å². The van der Waals surface area contributed by atoms with Crippen molar-refractivity contribution in [2.45, 2.75) is 104 Å². The molecule has 0 radical (unpaired) electrons. The molecule has 2 aliphatic rings. The number of hydrogen-bond donors (Lipinski definition) is 2. The van der Waals surface area contributed by atoms with Crippen molar-refractivity contribution in [3.63, 3.8) is 0 Å². The van der Waals surface area contributed by atoms with E-state index < -0.39 is 12.0 Å². The molecule has 218 valence electrons. The number of amides is 1. The number of carbonyl (C=O) groups is 2. The number of carbonyl (C=O) groups excluding carboxylic acids is 1. The van der Waals surface area contributed by atoms with Gasteiger partial charge in [-0.25, -0.2) is 4.79 Å². The zero-order chi connectivity index (χ0) is 29.0. The van der Waals surface area contributed by atoms with Gasteiger partial charge in [-0.2, -0.15) is 0 Å². The van der Waals surface area contributed by atoms with Crippen molar-refractivity contribution in [2.75, 3.05) is 7.11 Å². The largest absolute Gasteiger partial charge is 0.496 e. The van der Waals surface area contributed by atoms with Gasteiger partial charge in [0.05, 0.1) is 13.2 Å². The van der Waals surface area contributed by atoms with E-state index >= 15 is 0 Å². The van der Waals surface area contributed by atoms with Crippen LogP contribution >= 0.6 is 0 Å². The monoisotopic (exact) mass is 548 g/mol. The molecule has 1 amide bonds. The van der Waals surface area contributed by atoms with Crippen molar-refractivity contribution in [1.82, 2.24) is 10.2 Å². The second-order valence-electron chi connectivity index (χ2n) is 12.9. The summed E-state index contributed by atoms with van der Waals surface area (Å²) in [5.74, 6) is -0.108. The van der Waals surface area contributed by atoms with Crippen molar-refractivity contribution in [1.29, 1.82) is 0 Å². The molecule has 1 aliphatic carbocycles. The summed E-state index contributed by atoms with van der Waals surface area (Å²) in [7, 11) is 1.69. The Bertz CT molecular complexity index is 1150. The minimum atomic E-state index is -0.925. The number of likely N-dealkylation sites (tertiary alicyclic amines) is 1. The van der Waals surface area contributed by atoms with Gasteiger partial charge in [0.25, 0.3) is 0 Å². The van der Waals surface area contributed by atoms with Crippen molar-refractivity contribution >= 4 is 11.9 Å². The van der Waals surface area contributed by atoms with Crippen LogP contribution in [0.2, 0.25) is 0 Å². The fraction of sp³-hybridized carbons (Fsp3) is 0.588. The fourth-order valence-electron chi connectivity index (χ4n) is 6.99. The summed E-state index contributed by atoms with van der Waals surface area (Å²) >= 11 is 0. The molecule has 6 nitrogen and oxygen atoms in total. The van der Waals surface area contributed by atoms with E-state index in [1.807, 2.05) is 36.4 Å². The lowest BCUT2D eigenvalue weighted by Crippen LogP contribution is -2.49. The van der Waals surface area contributed by atoms with Gasteiger partial charge in [-0.15, -0.1) is 0 Å². The van der Waals surface area contributed by atoms with E-state index in [0.29, 0.717) is 12.5 Å². The van der Waals surface area contributed by atoms with Crippen molar-refractivity contribution in [3.8, 4) is 5.75 Å². The van der Waals surface area contributed by atoms with Crippen molar-refractivity contribution in [3.05, 3.63) is 65.2 Å². The minimum Gasteiger partial charge on any atom is -0.496 e. The predicted octanol–water partition coefficient (Wildman–Crippen LogP) is 6.95. The quantitative estimate of drug-likeness (QED) is 0.355. The van der Waals surface area contributed by atoms with Gasteiger partial charge in [0.1, 0.15) is 11.8 Å². The highest BCUT2D eigenvalue weighted by molar-refractivity contribution is 5.87. The minimum absolute atomic E-state index is 0.00384. The topological polar surface area (TPSA) is 78.9 Å². The van der Waals surface area contributed by atoms with E-state index in [1.54, 1.807) is 12.0 Å². The summed E-state index contributed by atoms with van der Waals surface area (Å²) in [5, 5.41) is 14.5. The second-order valence-corrected chi connectivity index (χ2v) is 12.9. The highest BCUT2D eigenvalue weighted by Crippen LogP contribution is 2.49. The van der Waals surface area contributed by atoms with Crippen LogP contribution in [-0.4, -0.2) is 41.1 Å². The van der Waals surface area contributed by atoms with Gasteiger partial charge < -0.3 is 20.1 Å². The Balaban J connectivity index is 1.79. The molecule has 1 saturated carbocycles. The van der Waals surface area contributed by atoms with E-state index in [2.05, 4.69) is 52.1 Å². The molecule has 6 heteroatoms. The maximum Gasteiger partial charge on any atom is 0.326 e. The zero-order valence-corrected chi connectivity index (χ0v) is 25.2. The Morgan fingerprint density at radius 3 is 2.33 bits per heavy atom. The van der Waals surface area contributed by atoms with Crippen LogP contribution in [0.15, 0.2) is 48.5 Å². The molecule has 2 aromatic rings. The number of aliphatic carboxylic acids is 1. The van der Waals surface area contributed by atoms with Crippen molar-refractivity contribution in [2.24, 2.45) is 17.3 Å². The average Bonchev–Trinajstić information content (AvgIpc) is 3.32. The van der Waals surface area contributed by atoms with Crippen LogP contribution in [0.3, 0.4) is 0 Å². The summed E-state index contributed by atoms with van der Waals surface area (Å²) in [6.45, 7) is 11.2. The lowest BCUT2D eigenvalue weighted by molar-refractivity contribution is -0.154. The van der Waals surface area contributed by atoms with Gasteiger partial charge in [0.15, 0.2) is 0 Å². The van der Waals surface area contributed by atoms with Crippen LogP contribution in [0.1, 0.15) is 102 Å². The van der Waals surface area contributed by atoms with Crippen LogP contribution < -0.4 is 10.1 Å². The Kier molecular flexibility index (Phi) is 9.60. The summed E-state index contributed by atoms with van der Waals surface area (Å²) in [6.07, 6.45) is 5.90. The van der Waals surface area contributed by atoms with Crippen LogP contribution in [0, 0.1) is 17.3 Å². The molecule has 1 aliphatic heterocycles. The third-order valence-electron chi connectivity index (χ3n) is 9.28. The summed E-state index contributed by atoms with van der Waals surface area (Å²) in [6, 6.07) is 14.8. The van der Waals surface area contributed by atoms with Crippen molar-refractivity contribution < 1.29 is 19.4 Å². The first-order valence-corrected chi connectivity index (χ1v) is 15.1. The smallest absolute Gasteiger partial charge is 0.326 e. The fourth-order valence-corrected chi connectivity index (χ4v) is 6.99. The number of carboxylic acids is 1. The lowest BCUT2D eigenvalue weighted by atomic mass is 9.72. The number of methoxy groups -OCH3 is 1. The Labute approximate surface area is 240 Å². The lowest BCUT2D eigenvalue weighted by Gasteiger charge is -2.36. The first kappa shape index (κ1) is 30.1. The summed E-state index contributed by atoms with van der Waals surface area (Å²) < 4.78 is 5.73. The van der Waals surface area contributed by atoms with Gasteiger partial charge in [0.2, 0.25) is 5.91 Å². The maximum absolute atomic E-state index is 14.3. The number of carboxylic acid groups (broad SMARTS) is 1. The van der Waals surface area contributed by atoms with Crippen LogP contribution in [0.4, 0.5) is 0 Å². The molecule has 40 heavy (non-hydrogen) atoms. The molecule has 5 atom stereocenters. The highest BCUT2D eigenvalue weighted by Gasteiger charge is 2.58. The molecular weight excluding hydrogens is 500 g/mol. The van der Waals surface area contributed by atoms with E-state index in [9.17, 15) is 14.7 Å². The molecule has 1 unspecified atom stereocenters. The number of nitrogens with one attached hydrogen (secondary N) is 1. The molecule has 1 heterocycles. The Morgan fingerprint density at radius 1 is 1.07 bits per heavy atom. The normalized spacial score (nSPS) is 24.6. The predicted molar refractivity (Wildman–Crippen MR) is 159 cm³/mol. The van der Waals surface area contributed by atoms with Gasteiger partial charge in [0, 0.05) is 30.0 Å². The Morgan fingerprint density at radius 2 is 1.75 bits per heavy atom. The molecular formula is C34H48N2O4. The number of benzene rings is 2.